The van der Waals surface area contributed by atoms with E-state index in [1.165, 1.54) is 15.6 Å². The number of aromatic nitrogens is 3. The summed E-state index contributed by atoms with van der Waals surface area (Å²) in [5.74, 6) is 0. The Morgan fingerprint density at radius 1 is 1.22 bits per heavy atom. The molecule has 2 aromatic heterocycles. The van der Waals surface area contributed by atoms with Gasteiger partial charge in [0.2, 0.25) is 15.0 Å². The van der Waals surface area contributed by atoms with Crippen molar-refractivity contribution in [1.29, 1.82) is 0 Å². The quantitative estimate of drug-likeness (QED) is 0.715. The van der Waals surface area contributed by atoms with Crippen molar-refractivity contribution in [3.63, 3.8) is 0 Å². The Hall–Kier alpha value is -1.81. The van der Waals surface area contributed by atoms with E-state index in [1.807, 2.05) is 6.07 Å². The second-order valence-corrected chi connectivity index (χ2v) is 8.00. The summed E-state index contributed by atoms with van der Waals surface area (Å²) in [5, 5.41) is 5.17. The number of morpholine rings is 1. The fraction of sp³-hybridized carbons (Fsp3) is 0.286. The summed E-state index contributed by atoms with van der Waals surface area (Å²) in [6.45, 7) is 1.64. The fourth-order valence-corrected chi connectivity index (χ4v) is 4.79. The molecule has 120 valence electrons. The Morgan fingerprint density at radius 3 is 2.83 bits per heavy atom. The van der Waals surface area contributed by atoms with Crippen molar-refractivity contribution in [2.45, 2.75) is 4.90 Å². The van der Waals surface area contributed by atoms with E-state index in [1.54, 1.807) is 35.1 Å². The zero-order chi connectivity index (χ0) is 15.9. The molecule has 1 fully saturated rings. The fourth-order valence-electron chi connectivity index (χ4n) is 2.48. The largest absolute Gasteiger partial charge is 0.379 e. The molecule has 4 rings (SSSR count). The molecule has 0 aliphatic carbocycles. The molecule has 0 atom stereocenters. The molecule has 0 amide bonds. The number of rotatable bonds is 3. The van der Waals surface area contributed by atoms with Crippen molar-refractivity contribution in [2.24, 2.45) is 0 Å². The van der Waals surface area contributed by atoms with Gasteiger partial charge < -0.3 is 4.74 Å². The van der Waals surface area contributed by atoms with Crippen LogP contribution < -0.4 is 0 Å². The summed E-state index contributed by atoms with van der Waals surface area (Å²) in [4.78, 5) is 5.25. The lowest BCUT2D eigenvalue weighted by Gasteiger charge is -2.26. The Bertz CT molecular complexity index is 913. The Morgan fingerprint density at radius 2 is 2.04 bits per heavy atom. The van der Waals surface area contributed by atoms with Gasteiger partial charge in [-0.2, -0.15) is 9.40 Å². The van der Waals surface area contributed by atoms with Gasteiger partial charge in [-0.1, -0.05) is 23.5 Å². The van der Waals surface area contributed by atoms with E-state index < -0.39 is 10.0 Å². The first-order valence-corrected chi connectivity index (χ1v) is 9.39. The number of benzene rings is 1. The molecule has 0 unspecified atom stereocenters. The molecule has 3 heterocycles. The molecule has 9 heteroatoms. The SMILES string of the molecule is O=S(=O)(c1cccc(-c2nn3ccnc3s2)c1)N1CCOCC1. The maximum absolute atomic E-state index is 12.7. The van der Waals surface area contributed by atoms with Crippen molar-refractivity contribution in [3.8, 4) is 10.6 Å². The first kappa shape index (κ1) is 14.8. The average Bonchev–Trinajstić information content (AvgIpc) is 3.17. The summed E-state index contributed by atoms with van der Waals surface area (Å²) >= 11 is 1.42. The highest BCUT2D eigenvalue weighted by atomic mass is 32.2. The molecule has 0 bridgehead atoms. The van der Waals surface area contributed by atoms with Crippen LogP contribution >= 0.6 is 11.3 Å². The monoisotopic (exact) mass is 350 g/mol. The molecule has 0 radical (unpaired) electrons. The topological polar surface area (TPSA) is 76.8 Å². The van der Waals surface area contributed by atoms with Crippen LogP contribution in [-0.4, -0.2) is 53.6 Å². The van der Waals surface area contributed by atoms with Gasteiger partial charge in [0.05, 0.1) is 24.3 Å². The van der Waals surface area contributed by atoms with Gasteiger partial charge in [-0.25, -0.2) is 17.9 Å². The van der Waals surface area contributed by atoms with Gasteiger partial charge in [-0.3, -0.25) is 0 Å². The summed E-state index contributed by atoms with van der Waals surface area (Å²) in [6, 6.07) is 6.89. The van der Waals surface area contributed by atoms with Gasteiger partial charge in [0.15, 0.2) is 0 Å². The van der Waals surface area contributed by atoms with Gasteiger partial charge >= 0.3 is 0 Å². The second-order valence-electron chi connectivity index (χ2n) is 5.11. The van der Waals surface area contributed by atoms with Crippen LogP contribution in [0.15, 0.2) is 41.6 Å². The maximum Gasteiger partial charge on any atom is 0.243 e. The van der Waals surface area contributed by atoms with Crippen LogP contribution in [0.25, 0.3) is 15.5 Å². The second kappa shape index (κ2) is 5.68. The molecular weight excluding hydrogens is 336 g/mol. The normalized spacial score (nSPS) is 16.9. The molecule has 1 aliphatic rings. The predicted molar refractivity (Wildman–Crippen MR) is 85.9 cm³/mol. The molecule has 0 spiro atoms. The lowest BCUT2D eigenvalue weighted by molar-refractivity contribution is 0.0730. The summed E-state index contributed by atoms with van der Waals surface area (Å²) < 4.78 is 33.8. The molecular formula is C14H14N4O3S2. The lowest BCUT2D eigenvalue weighted by atomic mass is 10.2. The number of hydrogen-bond acceptors (Lipinski definition) is 6. The number of sulfonamides is 1. The van der Waals surface area contributed by atoms with E-state index in [4.69, 9.17) is 4.74 Å². The minimum absolute atomic E-state index is 0.282. The molecule has 3 aromatic rings. The summed E-state index contributed by atoms with van der Waals surface area (Å²) in [6.07, 6.45) is 3.45. The Kier molecular flexibility index (Phi) is 3.64. The zero-order valence-electron chi connectivity index (χ0n) is 12.1. The van der Waals surface area contributed by atoms with Crippen LogP contribution in [0.1, 0.15) is 0 Å². The van der Waals surface area contributed by atoms with Crippen molar-refractivity contribution < 1.29 is 13.2 Å². The van der Waals surface area contributed by atoms with Crippen LogP contribution in [0.2, 0.25) is 0 Å². The van der Waals surface area contributed by atoms with Crippen LogP contribution in [0.4, 0.5) is 0 Å². The molecule has 23 heavy (non-hydrogen) atoms. The number of ether oxygens (including phenoxy) is 1. The number of fused-ring (bicyclic) bond motifs is 1. The highest BCUT2D eigenvalue weighted by molar-refractivity contribution is 7.89. The van der Waals surface area contributed by atoms with Gasteiger partial charge in [-0.05, 0) is 12.1 Å². The van der Waals surface area contributed by atoms with Gasteiger partial charge in [0, 0.05) is 24.8 Å². The van der Waals surface area contributed by atoms with E-state index >= 15 is 0 Å². The van der Waals surface area contributed by atoms with E-state index in [2.05, 4.69) is 10.1 Å². The van der Waals surface area contributed by atoms with E-state index in [0.717, 1.165) is 15.5 Å². The van der Waals surface area contributed by atoms with Gasteiger partial charge in [0.1, 0.15) is 5.01 Å². The smallest absolute Gasteiger partial charge is 0.243 e. The van der Waals surface area contributed by atoms with Crippen molar-refractivity contribution in [1.82, 2.24) is 18.9 Å². The molecule has 0 saturated carbocycles. The number of hydrogen-bond donors (Lipinski definition) is 0. The number of nitrogens with zero attached hydrogens (tertiary/aromatic N) is 4. The average molecular weight is 350 g/mol. The predicted octanol–water partition coefficient (Wildman–Crippen LogP) is 1.48. The van der Waals surface area contributed by atoms with Crippen LogP contribution in [-0.2, 0) is 14.8 Å². The Balaban J connectivity index is 1.72. The molecule has 1 aromatic carbocycles. The maximum atomic E-state index is 12.7. The van der Waals surface area contributed by atoms with Crippen LogP contribution in [0.5, 0.6) is 0 Å². The van der Waals surface area contributed by atoms with E-state index in [0.29, 0.717) is 26.3 Å². The highest BCUT2D eigenvalue weighted by Crippen LogP contribution is 2.28. The van der Waals surface area contributed by atoms with E-state index in [-0.39, 0.29) is 4.90 Å². The van der Waals surface area contributed by atoms with Crippen molar-refractivity contribution >= 4 is 26.3 Å². The third-order valence-electron chi connectivity index (χ3n) is 3.66. The third kappa shape index (κ3) is 2.65. The van der Waals surface area contributed by atoms with Crippen molar-refractivity contribution in [2.75, 3.05) is 26.3 Å². The molecule has 7 nitrogen and oxygen atoms in total. The minimum atomic E-state index is -3.50. The molecule has 0 N–H and O–H groups in total. The van der Waals surface area contributed by atoms with E-state index in [9.17, 15) is 8.42 Å². The first-order chi connectivity index (χ1) is 11.1. The zero-order valence-corrected chi connectivity index (χ0v) is 13.8. The first-order valence-electron chi connectivity index (χ1n) is 7.13. The number of imidazole rings is 1. The summed E-state index contributed by atoms with van der Waals surface area (Å²) in [7, 11) is -3.50. The van der Waals surface area contributed by atoms with Gasteiger partial charge in [0.25, 0.3) is 0 Å². The van der Waals surface area contributed by atoms with Crippen molar-refractivity contribution in [3.05, 3.63) is 36.7 Å². The lowest BCUT2D eigenvalue weighted by Crippen LogP contribution is -2.40. The third-order valence-corrected chi connectivity index (χ3v) is 6.54. The van der Waals surface area contributed by atoms with Crippen LogP contribution in [0.3, 0.4) is 0 Å². The Labute approximate surface area is 137 Å². The highest BCUT2D eigenvalue weighted by Gasteiger charge is 2.26. The van der Waals surface area contributed by atoms with Gasteiger partial charge in [-0.15, -0.1) is 0 Å². The standard InChI is InChI=1S/C14H14N4O3S2/c19-23(20,17-6-8-21-9-7-17)12-3-1-2-11(10-12)13-16-18-5-4-15-14(18)22-13/h1-5,10H,6-9H2. The molecule has 1 saturated heterocycles. The molecule has 1 aliphatic heterocycles. The summed E-state index contributed by atoms with van der Waals surface area (Å²) in [5.41, 5.74) is 0.773. The minimum Gasteiger partial charge on any atom is -0.379 e. The van der Waals surface area contributed by atoms with Crippen LogP contribution in [0, 0.1) is 0 Å².